The van der Waals surface area contributed by atoms with Crippen LogP contribution in [-0.4, -0.2) is 30.0 Å². The van der Waals surface area contributed by atoms with Crippen LogP contribution in [0.3, 0.4) is 0 Å². The Kier molecular flexibility index (Phi) is 5.86. The first-order valence-electron chi connectivity index (χ1n) is 9.12. The van der Waals surface area contributed by atoms with Crippen LogP contribution in [0.1, 0.15) is 32.3 Å². The molecule has 3 rings (SSSR count). The van der Waals surface area contributed by atoms with E-state index in [-0.39, 0.29) is 17.4 Å². The van der Waals surface area contributed by atoms with Crippen LogP contribution in [0.5, 0.6) is 5.75 Å². The molecule has 0 spiro atoms. The molecular weight excluding hydrogens is 404 g/mol. The minimum absolute atomic E-state index is 0.0330. The number of nitrogens with zero attached hydrogens (tertiary/aromatic N) is 2. The smallest absolute Gasteiger partial charge is 0.253 e. The first-order valence-corrected chi connectivity index (χ1v) is 9.91. The van der Waals surface area contributed by atoms with E-state index in [1.54, 1.807) is 6.07 Å². The van der Waals surface area contributed by atoms with Crippen LogP contribution in [0.2, 0.25) is 0 Å². The Balaban J connectivity index is 1.57. The van der Waals surface area contributed by atoms with E-state index in [1.807, 2.05) is 35.3 Å². The maximum absolute atomic E-state index is 12.8. The van der Waals surface area contributed by atoms with Crippen LogP contribution in [-0.2, 0) is 4.79 Å². The molecule has 1 amide bonds. The normalized spacial score (nSPS) is 19.2. The quantitative estimate of drug-likeness (QED) is 0.699. The molecule has 5 heteroatoms. The van der Waals surface area contributed by atoms with E-state index < -0.39 is 0 Å². The van der Waals surface area contributed by atoms with Gasteiger partial charge in [0.25, 0.3) is 5.91 Å². The molecule has 0 atom stereocenters. The molecule has 0 unspecified atom stereocenters. The van der Waals surface area contributed by atoms with Gasteiger partial charge in [0, 0.05) is 41.4 Å². The summed E-state index contributed by atoms with van der Waals surface area (Å²) in [5.41, 5.74) is 1.28. The number of carbonyl (C=O) groups is 1. The van der Waals surface area contributed by atoms with Gasteiger partial charge in [-0.05, 0) is 40.2 Å². The molecule has 0 aromatic heterocycles. The molecule has 1 heterocycles. The summed E-state index contributed by atoms with van der Waals surface area (Å²) in [4.78, 5) is 14.7. The van der Waals surface area contributed by atoms with Gasteiger partial charge in [-0.15, -0.1) is 0 Å². The second-order valence-electron chi connectivity index (χ2n) is 7.50. The highest BCUT2D eigenvalue weighted by Gasteiger charge is 2.26. The predicted molar refractivity (Wildman–Crippen MR) is 109 cm³/mol. The van der Waals surface area contributed by atoms with Gasteiger partial charge in [0.05, 0.1) is 5.56 Å². The van der Waals surface area contributed by atoms with Gasteiger partial charge in [0.15, 0.2) is 0 Å². The van der Waals surface area contributed by atoms with Gasteiger partial charge >= 0.3 is 0 Å². The van der Waals surface area contributed by atoms with E-state index in [9.17, 15) is 4.79 Å². The number of hydrogen-bond acceptors (Lipinski definition) is 3. The third-order valence-corrected chi connectivity index (χ3v) is 5.49. The molecule has 0 N–H and O–H groups in total. The largest absolute Gasteiger partial charge is 0.490 e. The van der Waals surface area contributed by atoms with Gasteiger partial charge in [-0.3, -0.25) is 4.79 Å². The van der Waals surface area contributed by atoms with E-state index >= 15 is 0 Å². The highest BCUT2D eigenvalue weighted by atomic mass is 79.9. The van der Waals surface area contributed by atoms with E-state index in [4.69, 9.17) is 10.00 Å². The fourth-order valence-corrected chi connectivity index (χ4v) is 3.62. The Hall–Kier alpha value is -2.32. The molecule has 0 bridgehead atoms. The Morgan fingerprint density at radius 2 is 2.04 bits per heavy atom. The third kappa shape index (κ3) is 4.90. The highest BCUT2D eigenvalue weighted by Crippen LogP contribution is 2.27. The summed E-state index contributed by atoms with van der Waals surface area (Å²) in [6.45, 7) is 5.59. The zero-order chi connectivity index (χ0) is 19.4. The van der Waals surface area contributed by atoms with Crippen LogP contribution in [0.25, 0.3) is 0 Å². The molecule has 4 nitrogen and oxygen atoms in total. The minimum Gasteiger partial charge on any atom is -0.490 e. The van der Waals surface area contributed by atoms with Gasteiger partial charge in [0.1, 0.15) is 17.9 Å². The van der Waals surface area contributed by atoms with Crippen LogP contribution >= 0.6 is 15.9 Å². The molecular formula is C22H23BrN2O2. The molecule has 0 radical (unpaired) electrons. The van der Waals surface area contributed by atoms with Crippen molar-refractivity contribution in [1.29, 1.82) is 5.26 Å². The number of halogens is 1. The molecule has 1 aliphatic heterocycles. The van der Waals surface area contributed by atoms with Crippen molar-refractivity contribution in [1.82, 2.24) is 4.90 Å². The number of carbonyl (C=O) groups excluding carboxylic acids is 1. The molecule has 1 aromatic carbocycles. The molecule has 1 fully saturated rings. The van der Waals surface area contributed by atoms with Gasteiger partial charge in [0.2, 0.25) is 0 Å². The van der Waals surface area contributed by atoms with Gasteiger partial charge in [-0.25, -0.2) is 0 Å². The van der Waals surface area contributed by atoms with E-state index in [0.29, 0.717) is 18.7 Å². The van der Waals surface area contributed by atoms with Crippen LogP contribution in [0.15, 0.2) is 58.6 Å². The topological polar surface area (TPSA) is 53.3 Å². The van der Waals surface area contributed by atoms with Crippen molar-refractivity contribution < 1.29 is 9.53 Å². The fraction of sp³-hybridized carbons (Fsp3) is 0.364. The highest BCUT2D eigenvalue weighted by molar-refractivity contribution is 9.10. The zero-order valence-electron chi connectivity index (χ0n) is 15.6. The summed E-state index contributed by atoms with van der Waals surface area (Å²) >= 11 is 3.39. The standard InChI is InChI=1S/C22H23BrN2O2/c1-22(2)10-3-4-16(7-11-22)21(26)25-12-8-18(9-13-25)27-19-6-5-17(15-24)20(23)14-19/h3-7,10-11,14,18H,8-9,12-13H2,1-2H3. The maximum Gasteiger partial charge on any atom is 0.253 e. The molecule has 1 aromatic rings. The summed E-state index contributed by atoms with van der Waals surface area (Å²) < 4.78 is 6.77. The van der Waals surface area contributed by atoms with Crippen molar-refractivity contribution >= 4 is 21.8 Å². The zero-order valence-corrected chi connectivity index (χ0v) is 17.2. The molecule has 27 heavy (non-hydrogen) atoms. The lowest BCUT2D eigenvalue weighted by Gasteiger charge is -2.32. The summed E-state index contributed by atoms with van der Waals surface area (Å²) in [6.07, 6.45) is 11.6. The maximum atomic E-state index is 12.8. The second kappa shape index (κ2) is 8.14. The van der Waals surface area contributed by atoms with Crippen LogP contribution in [0, 0.1) is 16.7 Å². The lowest BCUT2D eigenvalue weighted by atomic mass is 9.93. The lowest BCUT2D eigenvalue weighted by molar-refractivity contribution is -0.128. The summed E-state index contributed by atoms with van der Waals surface area (Å²) in [7, 11) is 0. The Morgan fingerprint density at radius 1 is 1.30 bits per heavy atom. The molecule has 2 aliphatic rings. The first kappa shape index (κ1) is 19.4. The van der Waals surface area contributed by atoms with Gasteiger partial charge < -0.3 is 9.64 Å². The number of allylic oxidation sites excluding steroid dienone is 4. The van der Waals surface area contributed by atoms with Crippen molar-refractivity contribution in [3.05, 3.63) is 64.2 Å². The van der Waals surface area contributed by atoms with Crippen molar-refractivity contribution in [3.8, 4) is 11.8 Å². The first-order chi connectivity index (χ1) is 12.9. The molecule has 1 aliphatic carbocycles. The number of amides is 1. The number of likely N-dealkylation sites (tertiary alicyclic amines) is 1. The van der Waals surface area contributed by atoms with E-state index in [0.717, 1.165) is 28.6 Å². The Morgan fingerprint density at radius 3 is 2.70 bits per heavy atom. The van der Waals surface area contributed by atoms with Crippen LogP contribution < -0.4 is 4.74 Å². The number of piperidine rings is 1. The van der Waals surface area contributed by atoms with Crippen molar-refractivity contribution in [2.75, 3.05) is 13.1 Å². The summed E-state index contributed by atoms with van der Waals surface area (Å²) in [5.74, 6) is 0.820. The summed E-state index contributed by atoms with van der Waals surface area (Å²) in [6, 6.07) is 7.51. The van der Waals surface area contributed by atoms with Gasteiger partial charge in [-0.2, -0.15) is 5.26 Å². The van der Waals surface area contributed by atoms with Crippen molar-refractivity contribution in [2.24, 2.45) is 5.41 Å². The van der Waals surface area contributed by atoms with Crippen molar-refractivity contribution in [2.45, 2.75) is 32.8 Å². The average molecular weight is 427 g/mol. The number of nitriles is 1. The number of rotatable bonds is 3. The predicted octanol–water partition coefficient (Wildman–Crippen LogP) is 4.77. The number of benzene rings is 1. The van der Waals surface area contributed by atoms with E-state index in [2.05, 4.69) is 48.0 Å². The lowest BCUT2D eigenvalue weighted by Crippen LogP contribution is -2.42. The SMILES string of the molecule is CC1(C)C=CC=C(C(=O)N2CCC(Oc3ccc(C#N)c(Br)c3)CC2)C=C1. The van der Waals surface area contributed by atoms with Crippen LogP contribution in [0.4, 0.5) is 0 Å². The number of ether oxygens (including phenoxy) is 1. The third-order valence-electron chi connectivity index (χ3n) is 4.83. The Bertz CT molecular complexity index is 854. The minimum atomic E-state index is -0.0330. The molecule has 1 saturated heterocycles. The molecule has 140 valence electrons. The molecule has 0 saturated carbocycles. The fourth-order valence-electron chi connectivity index (χ4n) is 3.17. The number of hydrogen-bond donors (Lipinski definition) is 0. The Labute approximate surface area is 168 Å². The average Bonchev–Trinajstić information content (AvgIpc) is 2.82. The van der Waals surface area contributed by atoms with Crippen molar-refractivity contribution in [3.63, 3.8) is 0 Å². The van der Waals surface area contributed by atoms with Gasteiger partial charge in [-0.1, -0.05) is 38.2 Å². The monoisotopic (exact) mass is 426 g/mol. The van der Waals surface area contributed by atoms with E-state index in [1.165, 1.54) is 0 Å². The second-order valence-corrected chi connectivity index (χ2v) is 8.35. The summed E-state index contributed by atoms with van der Waals surface area (Å²) in [5, 5.41) is 8.99.